The third-order valence-electron chi connectivity index (χ3n) is 3.41. The van der Waals surface area contributed by atoms with Crippen LogP contribution in [0.15, 0.2) is 48.5 Å². The largest absolute Gasteiger partial charge is 0.497 e. The van der Waals surface area contributed by atoms with E-state index < -0.39 is 11.8 Å². The lowest BCUT2D eigenvalue weighted by atomic mass is 10.1. The van der Waals surface area contributed by atoms with E-state index in [2.05, 4.69) is 10.6 Å². The van der Waals surface area contributed by atoms with Crippen LogP contribution in [0.4, 0.5) is 0 Å². The van der Waals surface area contributed by atoms with E-state index in [1.807, 2.05) is 30.3 Å². The standard InChI is InChI=1S/C18H19ClN2O3/c1-24-16-7-5-14(6-8-16)12-21-18(23)17(22)20-10-9-13-3-2-4-15(19)11-13/h2-8,11H,9-10,12H2,1H3,(H,20,22)(H,21,23). The van der Waals surface area contributed by atoms with Crippen LogP contribution < -0.4 is 15.4 Å². The van der Waals surface area contributed by atoms with E-state index in [-0.39, 0.29) is 6.54 Å². The summed E-state index contributed by atoms with van der Waals surface area (Å²) in [7, 11) is 1.59. The summed E-state index contributed by atoms with van der Waals surface area (Å²) in [5.41, 5.74) is 1.89. The second-order valence-corrected chi connectivity index (χ2v) is 5.60. The zero-order chi connectivity index (χ0) is 17.4. The van der Waals surface area contributed by atoms with Crippen molar-refractivity contribution >= 4 is 23.4 Å². The van der Waals surface area contributed by atoms with Crippen molar-refractivity contribution in [2.75, 3.05) is 13.7 Å². The normalized spacial score (nSPS) is 10.1. The average molecular weight is 347 g/mol. The van der Waals surface area contributed by atoms with Gasteiger partial charge in [-0.1, -0.05) is 35.9 Å². The van der Waals surface area contributed by atoms with Crippen molar-refractivity contribution in [2.45, 2.75) is 13.0 Å². The number of ether oxygens (including phenoxy) is 1. The van der Waals surface area contributed by atoms with Crippen molar-refractivity contribution in [2.24, 2.45) is 0 Å². The molecule has 0 saturated carbocycles. The smallest absolute Gasteiger partial charge is 0.309 e. The molecular formula is C18H19ClN2O3. The number of halogens is 1. The van der Waals surface area contributed by atoms with Crippen LogP contribution in [-0.4, -0.2) is 25.5 Å². The first-order valence-corrected chi connectivity index (χ1v) is 7.89. The zero-order valence-electron chi connectivity index (χ0n) is 13.3. The summed E-state index contributed by atoms with van der Waals surface area (Å²) in [5.74, 6) is -0.564. The van der Waals surface area contributed by atoms with Crippen LogP contribution in [0.3, 0.4) is 0 Å². The Hall–Kier alpha value is -2.53. The minimum atomic E-state index is -0.656. The third-order valence-corrected chi connectivity index (χ3v) is 3.64. The summed E-state index contributed by atoms with van der Waals surface area (Å²) in [4.78, 5) is 23.5. The van der Waals surface area contributed by atoms with Gasteiger partial charge in [0.1, 0.15) is 5.75 Å². The number of hydrogen-bond donors (Lipinski definition) is 2. The SMILES string of the molecule is COc1ccc(CNC(=O)C(=O)NCCc2cccc(Cl)c2)cc1. The number of carbonyl (C=O) groups is 2. The van der Waals surface area contributed by atoms with Crippen molar-refractivity contribution in [3.05, 3.63) is 64.7 Å². The van der Waals surface area contributed by atoms with E-state index >= 15 is 0 Å². The lowest BCUT2D eigenvalue weighted by Gasteiger charge is -2.07. The van der Waals surface area contributed by atoms with Crippen LogP contribution >= 0.6 is 11.6 Å². The summed E-state index contributed by atoms with van der Waals surface area (Å²) in [6, 6.07) is 14.6. The Labute approximate surface area is 146 Å². The van der Waals surface area contributed by atoms with E-state index in [9.17, 15) is 9.59 Å². The number of nitrogens with one attached hydrogen (secondary N) is 2. The Morgan fingerprint density at radius 3 is 2.38 bits per heavy atom. The van der Waals surface area contributed by atoms with Crippen LogP contribution in [0.5, 0.6) is 5.75 Å². The molecule has 0 atom stereocenters. The van der Waals surface area contributed by atoms with Gasteiger partial charge in [0.05, 0.1) is 7.11 Å². The van der Waals surface area contributed by atoms with Crippen LogP contribution in [-0.2, 0) is 22.6 Å². The van der Waals surface area contributed by atoms with Crippen LogP contribution in [0.2, 0.25) is 5.02 Å². The van der Waals surface area contributed by atoms with Gasteiger partial charge < -0.3 is 15.4 Å². The topological polar surface area (TPSA) is 67.4 Å². The molecule has 24 heavy (non-hydrogen) atoms. The molecule has 0 aliphatic carbocycles. The Kier molecular flexibility index (Phi) is 6.63. The van der Waals surface area contributed by atoms with E-state index in [1.54, 1.807) is 25.3 Å². The van der Waals surface area contributed by atoms with Crippen molar-refractivity contribution in [3.63, 3.8) is 0 Å². The minimum Gasteiger partial charge on any atom is -0.497 e. The molecule has 0 radical (unpaired) electrons. The second-order valence-electron chi connectivity index (χ2n) is 5.17. The maximum Gasteiger partial charge on any atom is 0.309 e. The summed E-state index contributed by atoms with van der Waals surface area (Å²) in [5, 5.41) is 5.82. The van der Waals surface area contributed by atoms with Crippen molar-refractivity contribution < 1.29 is 14.3 Å². The highest BCUT2D eigenvalue weighted by Gasteiger charge is 2.12. The first kappa shape index (κ1) is 17.8. The number of hydrogen-bond acceptors (Lipinski definition) is 3. The Balaban J connectivity index is 1.72. The fraction of sp³-hybridized carbons (Fsp3) is 0.222. The molecule has 0 fully saturated rings. The molecule has 0 aliphatic heterocycles. The van der Waals surface area contributed by atoms with Gasteiger partial charge in [0.25, 0.3) is 0 Å². The quantitative estimate of drug-likeness (QED) is 0.789. The Morgan fingerprint density at radius 1 is 1.00 bits per heavy atom. The molecule has 2 amide bonds. The number of benzene rings is 2. The van der Waals surface area contributed by atoms with Crippen LogP contribution in [0.25, 0.3) is 0 Å². The van der Waals surface area contributed by atoms with Crippen LogP contribution in [0, 0.1) is 0 Å². The number of amides is 2. The molecular weight excluding hydrogens is 328 g/mol. The number of methoxy groups -OCH3 is 1. The molecule has 126 valence electrons. The van der Waals surface area contributed by atoms with Crippen LogP contribution in [0.1, 0.15) is 11.1 Å². The fourth-order valence-corrected chi connectivity index (χ4v) is 2.31. The molecule has 2 N–H and O–H groups in total. The summed E-state index contributed by atoms with van der Waals surface area (Å²) >= 11 is 5.90. The minimum absolute atomic E-state index is 0.282. The molecule has 0 unspecified atom stereocenters. The van der Waals surface area contributed by atoms with E-state index in [0.717, 1.165) is 16.9 Å². The van der Waals surface area contributed by atoms with Gasteiger partial charge in [-0.25, -0.2) is 0 Å². The monoisotopic (exact) mass is 346 g/mol. The second kappa shape index (κ2) is 8.93. The van der Waals surface area contributed by atoms with E-state index in [1.165, 1.54) is 0 Å². The van der Waals surface area contributed by atoms with Gasteiger partial charge in [-0.3, -0.25) is 9.59 Å². The summed E-state index contributed by atoms with van der Waals surface area (Å²) in [6.07, 6.45) is 0.609. The molecule has 5 nitrogen and oxygen atoms in total. The molecule has 0 heterocycles. The molecule has 0 bridgehead atoms. The number of rotatable bonds is 6. The molecule has 0 spiro atoms. The van der Waals surface area contributed by atoms with Gasteiger partial charge in [0.2, 0.25) is 0 Å². The van der Waals surface area contributed by atoms with Crippen molar-refractivity contribution in [1.82, 2.24) is 10.6 Å². The van der Waals surface area contributed by atoms with Gasteiger partial charge in [0, 0.05) is 18.1 Å². The maximum atomic E-state index is 11.8. The molecule has 0 saturated heterocycles. The highest BCUT2D eigenvalue weighted by atomic mass is 35.5. The zero-order valence-corrected chi connectivity index (χ0v) is 14.1. The molecule has 2 rings (SSSR count). The molecule has 2 aromatic rings. The highest BCUT2D eigenvalue weighted by molar-refractivity contribution is 6.35. The van der Waals surface area contributed by atoms with Gasteiger partial charge in [-0.05, 0) is 41.8 Å². The molecule has 2 aromatic carbocycles. The lowest BCUT2D eigenvalue weighted by Crippen LogP contribution is -2.40. The average Bonchev–Trinajstić information content (AvgIpc) is 2.60. The van der Waals surface area contributed by atoms with Gasteiger partial charge in [-0.2, -0.15) is 0 Å². The van der Waals surface area contributed by atoms with Crippen molar-refractivity contribution in [1.29, 1.82) is 0 Å². The third kappa shape index (κ3) is 5.59. The molecule has 0 aromatic heterocycles. The first-order chi connectivity index (χ1) is 11.6. The predicted octanol–water partition coefficient (Wildman–Crippen LogP) is 2.32. The summed E-state index contributed by atoms with van der Waals surface area (Å²) in [6.45, 7) is 0.652. The molecule has 0 aliphatic rings. The highest BCUT2D eigenvalue weighted by Crippen LogP contribution is 2.11. The Morgan fingerprint density at radius 2 is 1.71 bits per heavy atom. The lowest BCUT2D eigenvalue weighted by molar-refractivity contribution is -0.139. The van der Waals surface area contributed by atoms with Gasteiger partial charge in [0.15, 0.2) is 0 Å². The van der Waals surface area contributed by atoms with Gasteiger partial charge >= 0.3 is 11.8 Å². The first-order valence-electron chi connectivity index (χ1n) is 7.52. The van der Waals surface area contributed by atoms with Crippen molar-refractivity contribution in [3.8, 4) is 5.75 Å². The Bertz CT molecular complexity index is 702. The van der Waals surface area contributed by atoms with E-state index in [4.69, 9.17) is 16.3 Å². The molecule has 6 heteroatoms. The number of carbonyl (C=O) groups excluding carboxylic acids is 2. The summed E-state index contributed by atoms with van der Waals surface area (Å²) < 4.78 is 5.06. The van der Waals surface area contributed by atoms with Gasteiger partial charge in [-0.15, -0.1) is 0 Å². The predicted molar refractivity (Wildman–Crippen MR) is 93.0 cm³/mol. The fourth-order valence-electron chi connectivity index (χ4n) is 2.10. The maximum absolute atomic E-state index is 11.8. The van der Waals surface area contributed by atoms with E-state index in [0.29, 0.717) is 18.0 Å².